The molecule has 0 aliphatic heterocycles. The first-order chi connectivity index (χ1) is 45.2. The Morgan fingerprint density at radius 2 is 0.564 bits per heavy atom. The number of fused-ring (bicyclic) bond motifs is 7. The van der Waals surface area contributed by atoms with Crippen LogP contribution in [-0.4, -0.2) is 0 Å². The van der Waals surface area contributed by atoms with E-state index in [4.69, 9.17) is 0 Å². The van der Waals surface area contributed by atoms with Crippen molar-refractivity contribution in [2.45, 2.75) is 116 Å². The lowest BCUT2D eigenvalue weighted by atomic mass is 9.58. The highest BCUT2D eigenvalue weighted by Crippen LogP contribution is 2.65. The molecule has 2 heteroatoms. The van der Waals surface area contributed by atoms with E-state index in [1.165, 1.54) is 111 Å². The SMILES string of the molecule is CC(C)(C)c1ccc(C2(c3ccc(C(C)(C)C)cc3)c3cc4c(cc3-c3c2cc(N(c2ccccc2)c2ccccc2)c2ccccc32)C(c2ccc(C(C)(C)C)cc2)(c2ccc(C(C)(C)C)cc2)c2cccc3c(N(c5ccccc5)c5ccccc5)ccc-4c23)cc1. The van der Waals surface area contributed by atoms with E-state index >= 15 is 0 Å². The zero-order valence-corrected chi connectivity index (χ0v) is 56.6. The van der Waals surface area contributed by atoms with Gasteiger partial charge in [0.1, 0.15) is 0 Å². The van der Waals surface area contributed by atoms with Gasteiger partial charge < -0.3 is 9.80 Å². The minimum absolute atomic E-state index is 0.0646. The number of rotatable bonds is 10. The molecule has 0 N–H and O–H groups in total. The van der Waals surface area contributed by atoms with Gasteiger partial charge in [0, 0.05) is 33.5 Å². The van der Waals surface area contributed by atoms with E-state index in [-0.39, 0.29) is 21.7 Å². The van der Waals surface area contributed by atoms with E-state index < -0.39 is 10.8 Å². The Bertz CT molecular complexity index is 4780. The average molecular weight is 1220 g/mol. The van der Waals surface area contributed by atoms with Crippen LogP contribution in [0.2, 0.25) is 0 Å². The summed E-state index contributed by atoms with van der Waals surface area (Å²) in [5.74, 6) is 0. The second kappa shape index (κ2) is 22.3. The predicted octanol–water partition coefficient (Wildman–Crippen LogP) is 24.8. The molecule has 0 spiro atoms. The standard InChI is InChI=1S/C92H84N2/c1-87(2,3)61-40-48-65(49-41-61)91(66-50-42-62(43-51-66)88(4,5)6)79-39-27-38-76-83(93(69-28-17-13-18-29-69)70-30-19-14-20-31-70)57-56-75(85(76)79)77-58-81-78(59-80(77)91)86-74-37-26-25-36-73(74)84(94(71-32-21-15-22-33-71)72-34-23-16-24-35-72)60-82(86)92(81,67-52-44-63(45-53-67)89(7,8)9)68-54-46-64(47-55-68)90(10,11)12/h13-60H,1-12H3. The molecule has 0 aromatic heterocycles. The molecule has 462 valence electrons. The highest BCUT2D eigenvalue weighted by atomic mass is 15.1. The topological polar surface area (TPSA) is 6.48 Å². The molecule has 2 aliphatic rings. The van der Waals surface area contributed by atoms with Crippen LogP contribution >= 0.6 is 0 Å². The van der Waals surface area contributed by atoms with Gasteiger partial charge in [-0.1, -0.05) is 301 Å². The van der Waals surface area contributed by atoms with Gasteiger partial charge in [-0.15, -0.1) is 0 Å². The Hall–Kier alpha value is -10.0. The van der Waals surface area contributed by atoms with E-state index in [0.717, 1.165) is 34.1 Å². The number of para-hydroxylation sites is 4. The summed E-state index contributed by atoms with van der Waals surface area (Å²) in [6, 6.07) is 112. The molecule has 0 atom stereocenters. The first kappa shape index (κ1) is 60.2. The minimum atomic E-state index is -0.830. The van der Waals surface area contributed by atoms with Crippen LogP contribution in [0.3, 0.4) is 0 Å². The molecule has 0 radical (unpaired) electrons. The zero-order valence-electron chi connectivity index (χ0n) is 56.6. The molecule has 0 fully saturated rings. The van der Waals surface area contributed by atoms with E-state index in [0.29, 0.717) is 0 Å². The quantitative estimate of drug-likeness (QED) is 0.135. The van der Waals surface area contributed by atoms with Crippen molar-refractivity contribution in [3.05, 3.63) is 358 Å². The van der Waals surface area contributed by atoms with Crippen LogP contribution in [0, 0.1) is 0 Å². The highest BCUT2D eigenvalue weighted by molar-refractivity contribution is 6.15. The third-order valence-electron chi connectivity index (χ3n) is 20.6. The molecule has 13 aromatic rings. The van der Waals surface area contributed by atoms with E-state index in [1.807, 2.05) is 0 Å². The maximum atomic E-state index is 2.70. The van der Waals surface area contributed by atoms with Crippen LogP contribution in [0.5, 0.6) is 0 Å². The summed E-state index contributed by atoms with van der Waals surface area (Å²) in [4.78, 5) is 4.95. The van der Waals surface area contributed by atoms with Crippen LogP contribution in [0.1, 0.15) is 150 Å². The summed E-state index contributed by atoms with van der Waals surface area (Å²) in [5.41, 5.74) is 24.9. The third-order valence-corrected chi connectivity index (χ3v) is 20.6. The second-order valence-electron chi connectivity index (χ2n) is 30.5. The number of hydrogen-bond donors (Lipinski definition) is 0. The fraction of sp³-hybridized carbons (Fsp3) is 0.196. The maximum Gasteiger partial charge on any atom is 0.0714 e. The molecule has 0 saturated heterocycles. The van der Waals surface area contributed by atoms with E-state index in [2.05, 4.69) is 384 Å². The van der Waals surface area contributed by atoms with Crippen LogP contribution in [0.4, 0.5) is 34.1 Å². The van der Waals surface area contributed by atoms with Gasteiger partial charge >= 0.3 is 0 Å². The lowest BCUT2D eigenvalue weighted by Crippen LogP contribution is -2.35. The summed E-state index contributed by atoms with van der Waals surface area (Å²) in [7, 11) is 0. The van der Waals surface area contributed by atoms with Crippen molar-refractivity contribution in [1.82, 2.24) is 0 Å². The Morgan fingerprint density at radius 3 is 0.957 bits per heavy atom. The summed E-state index contributed by atoms with van der Waals surface area (Å²) in [5, 5.41) is 4.85. The number of anilines is 6. The van der Waals surface area contributed by atoms with Crippen molar-refractivity contribution in [1.29, 1.82) is 0 Å². The largest absolute Gasteiger partial charge is 0.310 e. The van der Waals surface area contributed by atoms with Crippen LogP contribution in [0.15, 0.2) is 291 Å². The molecule has 94 heavy (non-hydrogen) atoms. The zero-order chi connectivity index (χ0) is 65.1. The molecule has 0 amide bonds. The molecule has 0 bridgehead atoms. The van der Waals surface area contributed by atoms with Gasteiger partial charge in [-0.25, -0.2) is 0 Å². The van der Waals surface area contributed by atoms with Crippen molar-refractivity contribution in [2.24, 2.45) is 0 Å². The highest BCUT2D eigenvalue weighted by Gasteiger charge is 2.52. The lowest BCUT2D eigenvalue weighted by Gasteiger charge is -2.44. The summed E-state index contributed by atoms with van der Waals surface area (Å²) in [6.45, 7) is 28.0. The molecule has 2 aliphatic carbocycles. The lowest BCUT2D eigenvalue weighted by molar-refractivity contribution is 0.588. The molecule has 0 unspecified atom stereocenters. The van der Waals surface area contributed by atoms with Gasteiger partial charge in [-0.05, 0) is 194 Å². The van der Waals surface area contributed by atoms with Gasteiger partial charge in [0.2, 0.25) is 0 Å². The van der Waals surface area contributed by atoms with Gasteiger partial charge in [0.05, 0.1) is 22.2 Å². The summed E-state index contributed by atoms with van der Waals surface area (Å²) in [6.07, 6.45) is 0. The third kappa shape index (κ3) is 9.65. The van der Waals surface area contributed by atoms with Gasteiger partial charge in [0.25, 0.3) is 0 Å². The van der Waals surface area contributed by atoms with Crippen molar-refractivity contribution in [2.75, 3.05) is 9.80 Å². The Kier molecular flexibility index (Phi) is 14.3. The fourth-order valence-electron chi connectivity index (χ4n) is 15.8. The predicted molar refractivity (Wildman–Crippen MR) is 400 cm³/mol. The summed E-state index contributed by atoms with van der Waals surface area (Å²) >= 11 is 0. The van der Waals surface area contributed by atoms with Crippen molar-refractivity contribution >= 4 is 55.7 Å². The first-order valence-corrected chi connectivity index (χ1v) is 33.7. The average Bonchev–Trinajstić information content (AvgIpc) is 1.34. The fourth-order valence-corrected chi connectivity index (χ4v) is 15.8. The van der Waals surface area contributed by atoms with E-state index in [9.17, 15) is 0 Å². The van der Waals surface area contributed by atoms with Gasteiger partial charge in [0.15, 0.2) is 0 Å². The molecular weight excluding hydrogens is 1130 g/mol. The smallest absolute Gasteiger partial charge is 0.0714 e. The number of hydrogen-bond acceptors (Lipinski definition) is 2. The summed E-state index contributed by atoms with van der Waals surface area (Å²) < 4.78 is 0. The number of nitrogens with zero attached hydrogens (tertiary/aromatic N) is 2. The van der Waals surface area contributed by atoms with Crippen molar-refractivity contribution < 1.29 is 0 Å². The van der Waals surface area contributed by atoms with Crippen LogP contribution in [-0.2, 0) is 32.5 Å². The van der Waals surface area contributed by atoms with Crippen LogP contribution < -0.4 is 9.80 Å². The molecule has 15 rings (SSSR count). The van der Waals surface area contributed by atoms with E-state index in [1.54, 1.807) is 0 Å². The molecular formula is C92H84N2. The minimum Gasteiger partial charge on any atom is -0.310 e. The normalized spacial score (nSPS) is 13.9. The maximum absolute atomic E-state index is 2.70. The van der Waals surface area contributed by atoms with Crippen molar-refractivity contribution in [3.63, 3.8) is 0 Å². The monoisotopic (exact) mass is 1220 g/mol. The second-order valence-corrected chi connectivity index (χ2v) is 30.5. The van der Waals surface area contributed by atoms with Crippen LogP contribution in [0.25, 0.3) is 43.8 Å². The Morgan fingerprint density at radius 1 is 0.234 bits per heavy atom. The van der Waals surface area contributed by atoms with Crippen molar-refractivity contribution in [3.8, 4) is 22.3 Å². The Balaban J connectivity index is 1.15. The van der Waals surface area contributed by atoms with Gasteiger partial charge in [-0.3, -0.25) is 0 Å². The number of benzene rings is 13. The molecule has 13 aromatic carbocycles. The van der Waals surface area contributed by atoms with Gasteiger partial charge in [-0.2, -0.15) is 0 Å². The Labute approximate surface area is 557 Å². The molecule has 2 nitrogen and oxygen atoms in total. The molecule has 0 saturated carbocycles. The molecule has 0 heterocycles. The first-order valence-electron chi connectivity index (χ1n) is 33.7.